The van der Waals surface area contributed by atoms with E-state index in [1.165, 1.54) is 0 Å². The first-order valence-corrected chi connectivity index (χ1v) is 6.15. The van der Waals surface area contributed by atoms with Crippen LogP contribution in [0.2, 0.25) is 0 Å². The smallest absolute Gasteiger partial charge is 0.133 e. The van der Waals surface area contributed by atoms with Crippen molar-refractivity contribution in [1.82, 2.24) is 0 Å². The Bertz CT molecular complexity index is 336. The predicted molar refractivity (Wildman–Crippen MR) is 63.6 cm³/mol. The molecule has 1 atom stereocenters. The number of thioether (sulfide) groups is 1. The molecule has 0 N–H and O–H groups in total. The molecule has 1 aromatic carbocycles. The van der Waals surface area contributed by atoms with Crippen LogP contribution in [0.3, 0.4) is 0 Å². The summed E-state index contributed by atoms with van der Waals surface area (Å²) >= 11 is 1.65. The second-order valence-corrected chi connectivity index (χ2v) is 4.33. The summed E-state index contributed by atoms with van der Waals surface area (Å²) in [7, 11) is 0. The number of rotatable bonds is 5. The Hall–Kier alpha value is -0.960. The second-order valence-electron chi connectivity index (χ2n) is 3.49. The molecule has 0 heterocycles. The van der Waals surface area contributed by atoms with Gasteiger partial charge in [0.25, 0.3) is 0 Å². The van der Waals surface area contributed by atoms with Crippen LogP contribution in [-0.4, -0.2) is 18.1 Å². The molecule has 15 heavy (non-hydrogen) atoms. The van der Waals surface area contributed by atoms with Gasteiger partial charge in [0.2, 0.25) is 0 Å². The highest BCUT2D eigenvalue weighted by atomic mass is 32.2. The number of hydrogen-bond donors (Lipinski definition) is 0. The molecular weight excluding hydrogens is 208 g/mol. The third-order valence-electron chi connectivity index (χ3n) is 1.97. The molecule has 0 radical (unpaired) electrons. The maximum absolute atomic E-state index is 10.9. The molecule has 3 heteroatoms. The van der Waals surface area contributed by atoms with Crippen LogP contribution in [0.1, 0.15) is 20.3 Å². The van der Waals surface area contributed by atoms with Gasteiger partial charge in [-0.05, 0) is 32.2 Å². The minimum atomic E-state index is -0.0594. The SMILES string of the molecule is CSc1ccccc1OC(C)CC(C)=O. The topological polar surface area (TPSA) is 26.3 Å². The summed E-state index contributed by atoms with van der Waals surface area (Å²) in [4.78, 5) is 12.0. The number of benzene rings is 1. The number of ether oxygens (including phenoxy) is 1. The average Bonchev–Trinajstić information content (AvgIpc) is 2.17. The fourth-order valence-electron chi connectivity index (χ4n) is 1.38. The summed E-state index contributed by atoms with van der Waals surface area (Å²) in [6.07, 6.45) is 2.41. The highest BCUT2D eigenvalue weighted by Crippen LogP contribution is 2.27. The van der Waals surface area contributed by atoms with Gasteiger partial charge in [0, 0.05) is 11.3 Å². The molecule has 2 nitrogen and oxygen atoms in total. The number of carbonyl (C=O) groups is 1. The molecule has 0 saturated heterocycles. The molecule has 0 aliphatic heterocycles. The first-order chi connectivity index (χ1) is 7.13. The first kappa shape index (κ1) is 12.1. The normalized spacial score (nSPS) is 12.2. The molecule has 0 saturated carbocycles. The van der Waals surface area contributed by atoms with E-state index in [-0.39, 0.29) is 11.9 Å². The van der Waals surface area contributed by atoms with E-state index in [9.17, 15) is 4.79 Å². The Morgan fingerprint density at radius 3 is 2.73 bits per heavy atom. The van der Waals surface area contributed by atoms with Crippen LogP contribution >= 0.6 is 11.8 Å². The number of Topliss-reactive ketones (excluding diaryl/α,β-unsaturated/α-hetero) is 1. The Balaban J connectivity index is 2.67. The Morgan fingerprint density at radius 2 is 2.13 bits per heavy atom. The summed E-state index contributed by atoms with van der Waals surface area (Å²) in [6.45, 7) is 3.50. The van der Waals surface area contributed by atoms with Crippen LogP contribution in [0.5, 0.6) is 5.75 Å². The summed E-state index contributed by atoms with van der Waals surface area (Å²) in [6, 6.07) is 7.87. The van der Waals surface area contributed by atoms with Crippen molar-refractivity contribution in [2.24, 2.45) is 0 Å². The van der Waals surface area contributed by atoms with E-state index < -0.39 is 0 Å². The van der Waals surface area contributed by atoms with E-state index in [2.05, 4.69) is 0 Å². The van der Waals surface area contributed by atoms with Gasteiger partial charge in [0.05, 0.1) is 0 Å². The Kier molecular flexibility index (Phi) is 4.69. The van der Waals surface area contributed by atoms with Crippen molar-refractivity contribution >= 4 is 17.5 Å². The molecule has 0 fully saturated rings. The molecule has 0 aliphatic carbocycles. The lowest BCUT2D eigenvalue weighted by Gasteiger charge is -2.15. The van der Waals surface area contributed by atoms with Gasteiger partial charge >= 0.3 is 0 Å². The fraction of sp³-hybridized carbons (Fsp3) is 0.417. The zero-order valence-electron chi connectivity index (χ0n) is 9.32. The highest BCUT2D eigenvalue weighted by Gasteiger charge is 2.09. The van der Waals surface area contributed by atoms with E-state index in [0.717, 1.165) is 10.6 Å². The van der Waals surface area contributed by atoms with Crippen molar-refractivity contribution in [1.29, 1.82) is 0 Å². The summed E-state index contributed by atoms with van der Waals surface area (Å²) < 4.78 is 5.71. The van der Waals surface area contributed by atoms with Gasteiger partial charge < -0.3 is 4.74 Å². The maximum atomic E-state index is 10.9. The first-order valence-electron chi connectivity index (χ1n) is 4.92. The molecule has 1 unspecified atom stereocenters. The van der Waals surface area contributed by atoms with E-state index in [0.29, 0.717) is 6.42 Å². The van der Waals surface area contributed by atoms with E-state index in [1.54, 1.807) is 18.7 Å². The number of carbonyl (C=O) groups excluding carboxylic acids is 1. The lowest BCUT2D eigenvalue weighted by Crippen LogP contribution is -2.15. The zero-order chi connectivity index (χ0) is 11.3. The quantitative estimate of drug-likeness (QED) is 0.719. The summed E-state index contributed by atoms with van der Waals surface area (Å²) in [5.41, 5.74) is 0. The van der Waals surface area contributed by atoms with Crippen LogP contribution < -0.4 is 4.74 Å². The third-order valence-corrected chi connectivity index (χ3v) is 2.75. The molecular formula is C12H16O2S. The average molecular weight is 224 g/mol. The number of ketones is 1. The van der Waals surface area contributed by atoms with Crippen LogP contribution in [0, 0.1) is 0 Å². The van der Waals surface area contributed by atoms with Gasteiger partial charge in [-0.2, -0.15) is 0 Å². The minimum absolute atomic E-state index is 0.0594. The molecule has 0 amide bonds. The van der Waals surface area contributed by atoms with Gasteiger partial charge in [0.1, 0.15) is 17.6 Å². The van der Waals surface area contributed by atoms with E-state index in [1.807, 2.05) is 37.4 Å². The van der Waals surface area contributed by atoms with Crippen molar-refractivity contribution in [3.8, 4) is 5.75 Å². The predicted octanol–water partition coefficient (Wildman–Crippen LogP) is 3.15. The zero-order valence-corrected chi connectivity index (χ0v) is 10.1. The third kappa shape index (κ3) is 3.96. The van der Waals surface area contributed by atoms with Crippen molar-refractivity contribution in [2.45, 2.75) is 31.3 Å². The van der Waals surface area contributed by atoms with Crippen molar-refractivity contribution in [2.75, 3.05) is 6.26 Å². The Morgan fingerprint density at radius 1 is 1.47 bits per heavy atom. The van der Waals surface area contributed by atoms with Crippen LogP contribution in [0.15, 0.2) is 29.2 Å². The van der Waals surface area contributed by atoms with Gasteiger partial charge in [-0.25, -0.2) is 0 Å². The van der Waals surface area contributed by atoms with Gasteiger partial charge in [0.15, 0.2) is 0 Å². The van der Waals surface area contributed by atoms with Crippen LogP contribution in [-0.2, 0) is 4.79 Å². The highest BCUT2D eigenvalue weighted by molar-refractivity contribution is 7.98. The molecule has 0 bridgehead atoms. The number of para-hydroxylation sites is 1. The molecule has 82 valence electrons. The lowest BCUT2D eigenvalue weighted by atomic mass is 10.2. The van der Waals surface area contributed by atoms with Crippen molar-refractivity contribution < 1.29 is 9.53 Å². The fourth-order valence-corrected chi connectivity index (χ4v) is 1.91. The molecule has 0 aromatic heterocycles. The van der Waals surface area contributed by atoms with Crippen LogP contribution in [0.25, 0.3) is 0 Å². The minimum Gasteiger partial charge on any atom is -0.489 e. The Labute approximate surface area is 95.0 Å². The van der Waals surface area contributed by atoms with E-state index in [4.69, 9.17) is 4.74 Å². The maximum Gasteiger partial charge on any atom is 0.133 e. The van der Waals surface area contributed by atoms with Crippen molar-refractivity contribution in [3.63, 3.8) is 0 Å². The molecule has 0 aliphatic rings. The second kappa shape index (κ2) is 5.81. The monoisotopic (exact) mass is 224 g/mol. The van der Waals surface area contributed by atoms with Gasteiger partial charge in [-0.1, -0.05) is 12.1 Å². The van der Waals surface area contributed by atoms with Gasteiger partial charge in [-0.3, -0.25) is 4.79 Å². The van der Waals surface area contributed by atoms with E-state index >= 15 is 0 Å². The number of hydrogen-bond acceptors (Lipinski definition) is 3. The molecule has 1 rings (SSSR count). The van der Waals surface area contributed by atoms with Gasteiger partial charge in [-0.15, -0.1) is 11.8 Å². The summed E-state index contributed by atoms with van der Waals surface area (Å²) in [5, 5.41) is 0. The summed E-state index contributed by atoms with van der Waals surface area (Å²) in [5.74, 6) is 1.02. The largest absolute Gasteiger partial charge is 0.489 e. The van der Waals surface area contributed by atoms with Crippen molar-refractivity contribution in [3.05, 3.63) is 24.3 Å². The van der Waals surface area contributed by atoms with Crippen LogP contribution in [0.4, 0.5) is 0 Å². The molecule has 0 spiro atoms. The lowest BCUT2D eigenvalue weighted by molar-refractivity contribution is -0.118. The standard InChI is InChI=1S/C12H16O2S/c1-9(13)8-10(2)14-11-6-4-5-7-12(11)15-3/h4-7,10H,8H2,1-3H3. The molecule has 1 aromatic rings.